The van der Waals surface area contributed by atoms with Crippen LogP contribution >= 0.6 is 0 Å². The van der Waals surface area contributed by atoms with Gasteiger partial charge < -0.3 is 25.8 Å². The number of esters is 1. The van der Waals surface area contributed by atoms with Gasteiger partial charge in [-0.2, -0.15) is 0 Å². The van der Waals surface area contributed by atoms with Gasteiger partial charge >= 0.3 is 5.97 Å². The van der Waals surface area contributed by atoms with Crippen LogP contribution in [0, 0.1) is 11.8 Å². The summed E-state index contributed by atoms with van der Waals surface area (Å²) in [5, 5.41) is 13.0. The van der Waals surface area contributed by atoms with E-state index in [4.69, 9.17) is 10.5 Å². The highest BCUT2D eigenvalue weighted by atomic mass is 16.5. The molecule has 0 bridgehead atoms. The fourth-order valence-electron chi connectivity index (χ4n) is 3.42. The van der Waals surface area contributed by atoms with Crippen molar-refractivity contribution >= 4 is 17.8 Å². The van der Waals surface area contributed by atoms with Gasteiger partial charge in [0.05, 0.1) is 7.11 Å². The molecule has 27 heavy (non-hydrogen) atoms. The van der Waals surface area contributed by atoms with Crippen molar-refractivity contribution < 1.29 is 24.2 Å². The van der Waals surface area contributed by atoms with Crippen molar-refractivity contribution in [1.82, 2.24) is 10.2 Å². The van der Waals surface area contributed by atoms with Crippen LogP contribution in [-0.2, 0) is 19.1 Å². The monoisotopic (exact) mass is 385 g/mol. The predicted octanol–water partition coefficient (Wildman–Crippen LogP) is 0.416. The molecule has 0 unspecified atom stereocenters. The van der Waals surface area contributed by atoms with Crippen molar-refractivity contribution in [2.45, 2.75) is 77.6 Å². The van der Waals surface area contributed by atoms with E-state index in [0.29, 0.717) is 32.2 Å². The number of hydrogen-bond acceptors (Lipinski definition) is 6. The van der Waals surface area contributed by atoms with Crippen molar-refractivity contribution in [3.8, 4) is 0 Å². The molecule has 8 heteroatoms. The Morgan fingerprint density at radius 1 is 1.19 bits per heavy atom. The Bertz CT molecular complexity index is 523. The van der Waals surface area contributed by atoms with Gasteiger partial charge in [-0.25, -0.2) is 4.79 Å². The van der Waals surface area contributed by atoms with Crippen molar-refractivity contribution in [3.05, 3.63) is 0 Å². The van der Waals surface area contributed by atoms with Gasteiger partial charge in [-0.1, -0.05) is 27.7 Å². The molecule has 1 aliphatic rings. The second kappa shape index (κ2) is 10.6. The molecule has 0 aliphatic carbocycles. The predicted molar refractivity (Wildman–Crippen MR) is 102 cm³/mol. The number of rotatable bonds is 9. The third kappa shape index (κ3) is 6.77. The average Bonchev–Trinajstić information content (AvgIpc) is 3.07. The fourth-order valence-corrected chi connectivity index (χ4v) is 3.42. The van der Waals surface area contributed by atoms with Gasteiger partial charge in [0.1, 0.15) is 18.2 Å². The van der Waals surface area contributed by atoms with E-state index in [0.717, 1.165) is 0 Å². The minimum absolute atomic E-state index is 0.187. The number of nitrogens with one attached hydrogen (secondary N) is 1. The summed E-state index contributed by atoms with van der Waals surface area (Å²) in [6.07, 6.45) is 0.757. The first kappa shape index (κ1) is 23.4. The number of amides is 2. The zero-order valence-electron chi connectivity index (χ0n) is 17.1. The number of likely N-dealkylation sites (tertiary alicyclic amines) is 1. The molecule has 0 aromatic carbocycles. The van der Waals surface area contributed by atoms with E-state index in [9.17, 15) is 19.5 Å². The first-order valence-electron chi connectivity index (χ1n) is 9.70. The van der Waals surface area contributed by atoms with Crippen LogP contribution in [0.5, 0.6) is 0 Å². The minimum Gasteiger partial charge on any atom is -0.467 e. The van der Waals surface area contributed by atoms with Crippen LogP contribution in [0.25, 0.3) is 0 Å². The Hall–Kier alpha value is -1.67. The molecule has 1 heterocycles. The van der Waals surface area contributed by atoms with Gasteiger partial charge in [0.15, 0.2) is 0 Å². The van der Waals surface area contributed by atoms with Gasteiger partial charge in [-0.05, 0) is 37.5 Å². The SMILES string of the molecule is COC(=O)[C@H](CC(C)C)NC(=O)[C@@H]1CCCN1C(=O)[C@@H](O)[C@H](N)CC(C)C. The molecule has 0 radical (unpaired) electrons. The van der Waals surface area contributed by atoms with Crippen molar-refractivity contribution in [2.75, 3.05) is 13.7 Å². The number of ether oxygens (including phenoxy) is 1. The van der Waals surface area contributed by atoms with Crippen molar-refractivity contribution in [1.29, 1.82) is 0 Å². The van der Waals surface area contributed by atoms with E-state index in [1.165, 1.54) is 12.0 Å². The second-order valence-corrected chi connectivity index (χ2v) is 8.14. The molecule has 0 spiro atoms. The van der Waals surface area contributed by atoms with Crippen LogP contribution in [0.4, 0.5) is 0 Å². The molecule has 1 saturated heterocycles. The van der Waals surface area contributed by atoms with E-state index in [1.807, 2.05) is 27.7 Å². The smallest absolute Gasteiger partial charge is 0.328 e. The third-order valence-corrected chi connectivity index (χ3v) is 4.75. The van der Waals surface area contributed by atoms with Gasteiger partial charge in [0, 0.05) is 12.6 Å². The molecule has 0 saturated carbocycles. The molecule has 0 aromatic rings. The van der Waals surface area contributed by atoms with Crippen LogP contribution in [0.15, 0.2) is 0 Å². The number of aliphatic hydroxyl groups excluding tert-OH is 1. The second-order valence-electron chi connectivity index (χ2n) is 8.14. The highest BCUT2D eigenvalue weighted by Crippen LogP contribution is 2.21. The highest BCUT2D eigenvalue weighted by Gasteiger charge is 2.39. The van der Waals surface area contributed by atoms with Crippen LogP contribution in [0.1, 0.15) is 53.4 Å². The summed E-state index contributed by atoms with van der Waals surface area (Å²) in [4.78, 5) is 38.7. The Labute approximate surface area is 161 Å². The third-order valence-electron chi connectivity index (χ3n) is 4.75. The fraction of sp³-hybridized carbons (Fsp3) is 0.842. The van der Waals surface area contributed by atoms with Gasteiger partial charge in [0.25, 0.3) is 5.91 Å². The van der Waals surface area contributed by atoms with Crippen LogP contribution < -0.4 is 11.1 Å². The first-order valence-corrected chi connectivity index (χ1v) is 9.70. The summed E-state index contributed by atoms with van der Waals surface area (Å²) in [5.41, 5.74) is 5.94. The Morgan fingerprint density at radius 3 is 2.30 bits per heavy atom. The molecule has 156 valence electrons. The minimum atomic E-state index is -1.34. The molecule has 1 aliphatic heterocycles. The maximum Gasteiger partial charge on any atom is 0.328 e. The number of nitrogens with zero attached hydrogens (tertiary/aromatic N) is 1. The summed E-state index contributed by atoms with van der Waals surface area (Å²) in [6, 6.07) is -2.14. The van der Waals surface area contributed by atoms with E-state index in [-0.39, 0.29) is 11.8 Å². The summed E-state index contributed by atoms with van der Waals surface area (Å²) in [6.45, 7) is 8.20. The lowest BCUT2D eigenvalue weighted by atomic mass is 9.99. The zero-order valence-corrected chi connectivity index (χ0v) is 17.1. The summed E-state index contributed by atoms with van der Waals surface area (Å²) in [7, 11) is 1.28. The Kier molecular flexibility index (Phi) is 9.18. The first-order chi connectivity index (χ1) is 12.6. The zero-order chi connectivity index (χ0) is 20.7. The highest BCUT2D eigenvalue weighted by molar-refractivity contribution is 5.92. The number of nitrogens with two attached hydrogens (primary N) is 1. The number of carbonyl (C=O) groups is 3. The normalized spacial score (nSPS) is 20.5. The Morgan fingerprint density at radius 2 is 1.78 bits per heavy atom. The molecule has 1 fully saturated rings. The molecule has 4 atom stereocenters. The van der Waals surface area contributed by atoms with E-state index in [2.05, 4.69) is 5.32 Å². The summed E-state index contributed by atoms with van der Waals surface area (Å²) >= 11 is 0. The topological polar surface area (TPSA) is 122 Å². The number of carbonyl (C=O) groups excluding carboxylic acids is 3. The van der Waals surface area contributed by atoms with Crippen LogP contribution in [-0.4, -0.2) is 65.7 Å². The van der Waals surface area contributed by atoms with Crippen molar-refractivity contribution in [2.24, 2.45) is 17.6 Å². The van der Waals surface area contributed by atoms with Gasteiger partial charge in [-0.3, -0.25) is 9.59 Å². The summed E-state index contributed by atoms with van der Waals surface area (Å²) < 4.78 is 4.77. The van der Waals surface area contributed by atoms with E-state index < -0.39 is 42.0 Å². The number of aliphatic hydroxyl groups is 1. The number of methoxy groups -OCH3 is 1. The van der Waals surface area contributed by atoms with E-state index in [1.54, 1.807) is 0 Å². The van der Waals surface area contributed by atoms with Crippen LogP contribution in [0.3, 0.4) is 0 Å². The van der Waals surface area contributed by atoms with Gasteiger partial charge in [0.2, 0.25) is 5.91 Å². The lowest BCUT2D eigenvalue weighted by Crippen LogP contribution is -2.55. The average molecular weight is 386 g/mol. The Balaban J connectivity index is 2.80. The lowest BCUT2D eigenvalue weighted by Gasteiger charge is -2.30. The maximum absolute atomic E-state index is 12.7. The largest absolute Gasteiger partial charge is 0.467 e. The molecule has 0 aromatic heterocycles. The molecule has 8 nitrogen and oxygen atoms in total. The molecular formula is C19H35N3O5. The van der Waals surface area contributed by atoms with Crippen molar-refractivity contribution in [3.63, 3.8) is 0 Å². The van der Waals surface area contributed by atoms with E-state index >= 15 is 0 Å². The summed E-state index contributed by atoms with van der Waals surface area (Å²) in [5.74, 6) is -1.00. The molecule has 1 rings (SSSR count). The maximum atomic E-state index is 12.7. The standard InChI is InChI=1S/C19H35N3O5/c1-11(2)9-13(20)16(23)18(25)22-8-6-7-15(22)17(24)21-14(10-12(3)4)19(26)27-5/h11-16,23H,6-10,20H2,1-5H3,(H,21,24)/t13-,14+,15+,16+/m1/s1. The van der Waals surface area contributed by atoms with Gasteiger partial charge in [-0.15, -0.1) is 0 Å². The number of hydrogen-bond donors (Lipinski definition) is 3. The molecule has 2 amide bonds. The quantitative estimate of drug-likeness (QED) is 0.494. The lowest BCUT2D eigenvalue weighted by molar-refractivity contribution is -0.148. The molecular weight excluding hydrogens is 350 g/mol. The molecule has 4 N–H and O–H groups in total. The van der Waals surface area contributed by atoms with Crippen LogP contribution in [0.2, 0.25) is 0 Å².